The van der Waals surface area contributed by atoms with Crippen LogP contribution in [-0.4, -0.2) is 25.0 Å². The molecule has 0 radical (unpaired) electrons. The number of unbranched alkanes of at least 4 members (excludes halogenated alkanes) is 1. The third-order valence-electron chi connectivity index (χ3n) is 3.52. The van der Waals surface area contributed by atoms with Crippen LogP contribution in [0, 0.1) is 0 Å². The van der Waals surface area contributed by atoms with Crippen molar-refractivity contribution in [2.75, 3.05) is 18.4 Å². The highest BCUT2D eigenvalue weighted by atomic mass is 16.2. The second-order valence-corrected chi connectivity index (χ2v) is 5.42. The zero-order chi connectivity index (χ0) is 17.2. The quantitative estimate of drug-likeness (QED) is 0.683. The molecule has 2 aromatic rings. The third-order valence-corrected chi connectivity index (χ3v) is 3.52. The minimum Gasteiger partial charge on any atom is -0.376 e. The summed E-state index contributed by atoms with van der Waals surface area (Å²) in [5, 5.41) is 8.06. The Labute approximate surface area is 142 Å². The van der Waals surface area contributed by atoms with Crippen LogP contribution >= 0.6 is 0 Å². The van der Waals surface area contributed by atoms with Crippen LogP contribution < -0.4 is 16.0 Å². The molecule has 3 N–H and O–H groups in total. The Balaban J connectivity index is 1.91. The molecule has 2 rings (SSSR count). The van der Waals surface area contributed by atoms with Gasteiger partial charge in [0.1, 0.15) is 0 Å². The van der Waals surface area contributed by atoms with Gasteiger partial charge in [-0.3, -0.25) is 10.1 Å². The first kappa shape index (κ1) is 17.5. The molecular weight excluding hydrogens is 302 g/mol. The van der Waals surface area contributed by atoms with Crippen LogP contribution in [0.15, 0.2) is 54.6 Å². The smallest absolute Gasteiger partial charge is 0.321 e. The number of carbonyl (C=O) groups excluding carboxylic acids is 2. The van der Waals surface area contributed by atoms with Gasteiger partial charge in [-0.2, -0.15) is 0 Å². The molecule has 0 unspecified atom stereocenters. The van der Waals surface area contributed by atoms with Crippen molar-refractivity contribution in [3.05, 3.63) is 54.6 Å². The number of carbonyl (C=O) groups is 2. The first-order valence-electron chi connectivity index (χ1n) is 8.16. The molecule has 3 amide bonds. The summed E-state index contributed by atoms with van der Waals surface area (Å²) in [5.41, 5.74) is 2.93. The van der Waals surface area contributed by atoms with E-state index in [2.05, 4.69) is 16.0 Å². The molecule has 0 saturated carbocycles. The summed E-state index contributed by atoms with van der Waals surface area (Å²) >= 11 is 0. The number of benzene rings is 2. The lowest BCUT2D eigenvalue weighted by molar-refractivity contribution is -0.118. The van der Waals surface area contributed by atoms with E-state index in [1.165, 1.54) is 0 Å². The normalized spacial score (nSPS) is 10.0. The first-order valence-corrected chi connectivity index (χ1v) is 8.16. The molecule has 0 aliphatic heterocycles. The van der Waals surface area contributed by atoms with Gasteiger partial charge in [-0.05, 0) is 18.1 Å². The number of para-hydroxylation sites is 1. The molecule has 0 bridgehead atoms. The van der Waals surface area contributed by atoms with E-state index < -0.39 is 6.03 Å². The van der Waals surface area contributed by atoms with Gasteiger partial charge in [0.2, 0.25) is 5.91 Å². The lowest BCUT2D eigenvalue weighted by atomic mass is 10.0. The fourth-order valence-electron chi connectivity index (χ4n) is 2.28. The summed E-state index contributed by atoms with van der Waals surface area (Å²) in [6.07, 6.45) is 1.89. The van der Waals surface area contributed by atoms with E-state index in [0.717, 1.165) is 29.7 Å². The lowest BCUT2D eigenvalue weighted by Gasteiger charge is -2.12. The molecule has 126 valence electrons. The van der Waals surface area contributed by atoms with Crippen LogP contribution in [0.1, 0.15) is 19.8 Å². The van der Waals surface area contributed by atoms with Crippen LogP contribution in [0.2, 0.25) is 0 Å². The number of rotatable bonds is 7. The summed E-state index contributed by atoms with van der Waals surface area (Å²) in [6.45, 7) is 2.64. The number of hydrogen-bond acceptors (Lipinski definition) is 3. The predicted octanol–water partition coefficient (Wildman–Crippen LogP) is 3.39. The third kappa shape index (κ3) is 5.43. The van der Waals surface area contributed by atoms with Gasteiger partial charge in [0, 0.05) is 17.8 Å². The Morgan fingerprint density at radius 1 is 0.958 bits per heavy atom. The zero-order valence-corrected chi connectivity index (χ0v) is 13.8. The summed E-state index contributed by atoms with van der Waals surface area (Å²) in [7, 11) is 0. The molecule has 0 saturated heterocycles. The monoisotopic (exact) mass is 325 g/mol. The van der Waals surface area contributed by atoms with Gasteiger partial charge in [0.15, 0.2) is 0 Å². The van der Waals surface area contributed by atoms with E-state index in [1.54, 1.807) is 0 Å². The van der Waals surface area contributed by atoms with Crippen LogP contribution in [0.3, 0.4) is 0 Å². The second kappa shape index (κ2) is 9.35. The maximum atomic E-state index is 11.9. The minimum absolute atomic E-state index is 0.0328. The molecule has 0 aliphatic carbocycles. The van der Waals surface area contributed by atoms with Crippen molar-refractivity contribution >= 4 is 17.6 Å². The number of nitrogens with one attached hydrogen (secondary N) is 3. The standard InChI is InChI=1S/C19H23N3O2/c1-2-3-13-20-19(24)22-18(23)14-21-17-12-8-7-11-16(17)15-9-5-4-6-10-15/h4-12,21H,2-3,13-14H2,1H3,(H2,20,22,23,24). The van der Waals surface area contributed by atoms with Gasteiger partial charge in [0.05, 0.1) is 6.54 Å². The van der Waals surface area contributed by atoms with E-state index in [-0.39, 0.29) is 12.5 Å². The molecule has 0 fully saturated rings. The van der Waals surface area contributed by atoms with E-state index >= 15 is 0 Å². The van der Waals surface area contributed by atoms with Crippen LogP contribution in [0.4, 0.5) is 10.5 Å². The molecular formula is C19H23N3O2. The van der Waals surface area contributed by atoms with E-state index in [0.29, 0.717) is 6.54 Å². The van der Waals surface area contributed by atoms with Crippen molar-refractivity contribution in [1.29, 1.82) is 0 Å². The van der Waals surface area contributed by atoms with E-state index in [4.69, 9.17) is 0 Å². The molecule has 0 aliphatic rings. The Kier molecular flexibility index (Phi) is 6.83. The number of imide groups is 1. The molecule has 0 atom stereocenters. The Hall–Kier alpha value is -2.82. The van der Waals surface area contributed by atoms with Crippen molar-refractivity contribution in [2.24, 2.45) is 0 Å². The van der Waals surface area contributed by atoms with Crippen molar-refractivity contribution in [1.82, 2.24) is 10.6 Å². The number of urea groups is 1. The second-order valence-electron chi connectivity index (χ2n) is 5.42. The van der Waals surface area contributed by atoms with Gasteiger partial charge in [-0.15, -0.1) is 0 Å². The van der Waals surface area contributed by atoms with E-state index in [1.807, 2.05) is 61.5 Å². The molecule has 0 spiro atoms. The fraction of sp³-hybridized carbons (Fsp3) is 0.263. The number of hydrogen-bond donors (Lipinski definition) is 3. The first-order chi connectivity index (χ1) is 11.7. The maximum Gasteiger partial charge on any atom is 0.321 e. The Morgan fingerprint density at radius 3 is 2.42 bits per heavy atom. The maximum absolute atomic E-state index is 11.9. The highest BCUT2D eigenvalue weighted by molar-refractivity contribution is 5.96. The van der Waals surface area contributed by atoms with Crippen LogP contribution in [0.25, 0.3) is 11.1 Å². The Morgan fingerprint density at radius 2 is 1.67 bits per heavy atom. The van der Waals surface area contributed by atoms with Crippen molar-refractivity contribution < 1.29 is 9.59 Å². The van der Waals surface area contributed by atoms with Gasteiger partial charge in [-0.1, -0.05) is 61.9 Å². The van der Waals surface area contributed by atoms with Crippen LogP contribution in [-0.2, 0) is 4.79 Å². The summed E-state index contributed by atoms with van der Waals surface area (Å²) < 4.78 is 0. The minimum atomic E-state index is -0.452. The average molecular weight is 325 g/mol. The summed E-state index contributed by atoms with van der Waals surface area (Å²) in [6, 6.07) is 17.3. The largest absolute Gasteiger partial charge is 0.376 e. The highest BCUT2D eigenvalue weighted by Gasteiger charge is 2.09. The van der Waals surface area contributed by atoms with Gasteiger partial charge >= 0.3 is 6.03 Å². The molecule has 5 heteroatoms. The van der Waals surface area contributed by atoms with Crippen molar-refractivity contribution in [3.63, 3.8) is 0 Å². The number of amides is 3. The average Bonchev–Trinajstić information content (AvgIpc) is 2.61. The van der Waals surface area contributed by atoms with E-state index in [9.17, 15) is 9.59 Å². The van der Waals surface area contributed by atoms with Gasteiger partial charge in [-0.25, -0.2) is 4.79 Å². The molecule has 0 aromatic heterocycles. The fourth-order valence-corrected chi connectivity index (χ4v) is 2.28. The van der Waals surface area contributed by atoms with Gasteiger partial charge in [0.25, 0.3) is 0 Å². The SMILES string of the molecule is CCCCNC(=O)NC(=O)CNc1ccccc1-c1ccccc1. The van der Waals surface area contributed by atoms with Crippen molar-refractivity contribution in [2.45, 2.75) is 19.8 Å². The number of anilines is 1. The summed E-state index contributed by atoms with van der Waals surface area (Å²) in [4.78, 5) is 23.4. The molecule has 2 aromatic carbocycles. The van der Waals surface area contributed by atoms with Crippen molar-refractivity contribution in [3.8, 4) is 11.1 Å². The predicted molar refractivity (Wildman–Crippen MR) is 96.8 cm³/mol. The zero-order valence-electron chi connectivity index (χ0n) is 13.8. The highest BCUT2D eigenvalue weighted by Crippen LogP contribution is 2.27. The molecule has 24 heavy (non-hydrogen) atoms. The molecule has 0 heterocycles. The molecule has 5 nitrogen and oxygen atoms in total. The summed E-state index contributed by atoms with van der Waals surface area (Å²) in [5.74, 6) is -0.369. The lowest BCUT2D eigenvalue weighted by Crippen LogP contribution is -2.42. The van der Waals surface area contributed by atoms with Gasteiger partial charge < -0.3 is 10.6 Å². The topological polar surface area (TPSA) is 70.2 Å². The van der Waals surface area contributed by atoms with Crippen LogP contribution in [0.5, 0.6) is 0 Å². The Bertz CT molecular complexity index is 671.